The van der Waals surface area contributed by atoms with Crippen LogP contribution in [0, 0.1) is 0 Å². The molecule has 1 unspecified atom stereocenters. The number of para-hydroxylation sites is 1. The van der Waals surface area contributed by atoms with E-state index < -0.39 is 0 Å². The molecule has 1 atom stereocenters. The van der Waals surface area contributed by atoms with Crippen LogP contribution in [0.2, 0.25) is 0 Å². The van der Waals surface area contributed by atoms with Gasteiger partial charge in [0.2, 0.25) is 5.91 Å². The third-order valence-corrected chi connectivity index (χ3v) is 4.82. The number of H-pyrrole nitrogens is 1. The maximum Gasteiger partial charge on any atom is 0.251 e. The van der Waals surface area contributed by atoms with Gasteiger partial charge in [-0.3, -0.25) is 9.59 Å². The summed E-state index contributed by atoms with van der Waals surface area (Å²) in [6, 6.07) is 16.8. The number of nitrogens with zero attached hydrogens (tertiary/aromatic N) is 3. The molecule has 0 saturated heterocycles. The van der Waals surface area contributed by atoms with Crippen molar-refractivity contribution in [1.82, 2.24) is 20.0 Å². The number of aromatic nitrogens is 4. The van der Waals surface area contributed by atoms with Crippen molar-refractivity contribution >= 4 is 22.6 Å². The second kappa shape index (κ2) is 5.91. The Bertz CT molecular complexity index is 1230. The van der Waals surface area contributed by atoms with E-state index in [2.05, 4.69) is 20.5 Å². The first kappa shape index (κ1) is 15.5. The van der Waals surface area contributed by atoms with Gasteiger partial charge in [-0.2, -0.15) is 4.80 Å². The lowest BCUT2D eigenvalue weighted by Gasteiger charge is -2.25. The number of nitrogens with one attached hydrogen (secondary N) is 2. The van der Waals surface area contributed by atoms with Crippen LogP contribution < -0.4 is 10.9 Å². The lowest BCUT2D eigenvalue weighted by molar-refractivity contribution is -0.116. The molecule has 7 heteroatoms. The highest BCUT2D eigenvalue weighted by Crippen LogP contribution is 2.39. The second-order valence-corrected chi connectivity index (χ2v) is 6.48. The minimum atomic E-state index is -0.372. The Kier molecular flexibility index (Phi) is 3.39. The molecule has 0 aliphatic carbocycles. The first-order valence-electron chi connectivity index (χ1n) is 8.63. The molecule has 132 valence electrons. The normalized spacial score (nSPS) is 16.1. The van der Waals surface area contributed by atoms with Crippen molar-refractivity contribution in [2.24, 2.45) is 0 Å². The van der Waals surface area contributed by atoms with Gasteiger partial charge < -0.3 is 10.3 Å². The number of anilines is 1. The molecule has 0 fully saturated rings. The van der Waals surface area contributed by atoms with Crippen molar-refractivity contribution in [2.45, 2.75) is 12.3 Å². The Balaban J connectivity index is 1.76. The summed E-state index contributed by atoms with van der Waals surface area (Å²) in [4.78, 5) is 28.9. The van der Waals surface area contributed by atoms with Gasteiger partial charge >= 0.3 is 0 Å². The fourth-order valence-electron chi connectivity index (χ4n) is 3.60. The number of benzene rings is 2. The van der Waals surface area contributed by atoms with E-state index in [1.807, 2.05) is 42.5 Å². The average Bonchev–Trinajstić information content (AvgIpc) is 3.13. The molecule has 0 spiro atoms. The summed E-state index contributed by atoms with van der Waals surface area (Å²) >= 11 is 0. The predicted octanol–water partition coefficient (Wildman–Crippen LogP) is 2.58. The summed E-state index contributed by atoms with van der Waals surface area (Å²) in [6.07, 6.45) is 1.78. The van der Waals surface area contributed by atoms with Crippen molar-refractivity contribution in [2.75, 3.05) is 5.32 Å². The maximum atomic E-state index is 12.4. The number of carbonyl (C=O) groups excluding carboxylic acids is 1. The zero-order valence-electron chi connectivity index (χ0n) is 14.2. The molecule has 7 nitrogen and oxygen atoms in total. The van der Waals surface area contributed by atoms with Crippen LogP contribution in [0.3, 0.4) is 0 Å². The number of carbonyl (C=O) groups is 1. The standard InChI is InChI=1S/C20H15N5O2/c26-17-11-14(13-7-4-10-21-20(13)27)18-15(22-17)8-9-16-19(18)24-25(23-16)12-5-2-1-3-6-12/h1-10,14H,11H2,(H,21,27)(H,22,26). The van der Waals surface area contributed by atoms with Gasteiger partial charge in [0, 0.05) is 35.3 Å². The van der Waals surface area contributed by atoms with Crippen LogP contribution in [-0.2, 0) is 4.79 Å². The molecule has 0 saturated carbocycles. The van der Waals surface area contributed by atoms with Gasteiger partial charge in [-0.15, -0.1) is 10.2 Å². The summed E-state index contributed by atoms with van der Waals surface area (Å²) in [5.74, 6) is -0.492. The zero-order chi connectivity index (χ0) is 18.4. The van der Waals surface area contributed by atoms with E-state index in [0.717, 1.165) is 11.3 Å². The number of aromatic amines is 1. The molecule has 0 radical (unpaired) electrons. The van der Waals surface area contributed by atoms with Crippen LogP contribution in [0.5, 0.6) is 0 Å². The summed E-state index contributed by atoms with van der Waals surface area (Å²) in [6.45, 7) is 0. The van der Waals surface area contributed by atoms with Crippen molar-refractivity contribution in [1.29, 1.82) is 0 Å². The van der Waals surface area contributed by atoms with E-state index in [9.17, 15) is 9.59 Å². The number of rotatable bonds is 2. The van der Waals surface area contributed by atoms with Crippen molar-refractivity contribution in [3.05, 3.63) is 82.3 Å². The van der Waals surface area contributed by atoms with Crippen LogP contribution in [-0.4, -0.2) is 25.9 Å². The van der Waals surface area contributed by atoms with Gasteiger partial charge in [0.05, 0.1) is 5.69 Å². The SMILES string of the molecule is O=C1CC(c2ccc[nH]c2=O)c2c(ccc3nn(-c4ccccc4)nc23)N1. The average molecular weight is 357 g/mol. The third kappa shape index (κ3) is 2.52. The topological polar surface area (TPSA) is 92.7 Å². The molecule has 2 aromatic carbocycles. The molecule has 0 bridgehead atoms. The zero-order valence-corrected chi connectivity index (χ0v) is 14.2. The molecule has 5 rings (SSSR count). The van der Waals surface area contributed by atoms with E-state index in [1.165, 1.54) is 0 Å². The minimum Gasteiger partial charge on any atom is -0.329 e. The van der Waals surface area contributed by atoms with Crippen molar-refractivity contribution in [3.8, 4) is 5.69 Å². The maximum absolute atomic E-state index is 12.4. The molecular formula is C20H15N5O2. The fourth-order valence-corrected chi connectivity index (χ4v) is 3.60. The van der Waals surface area contributed by atoms with Crippen LogP contribution in [0.15, 0.2) is 65.6 Å². The van der Waals surface area contributed by atoms with Gasteiger partial charge in [0.25, 0.3) is 5.56 Å². The quantitative estimate of drug-likeness (QED) is 0.577. The first-order valence-corrected chi connectivity index (χ1v) is 8.63. The van der Waals surface area contributed by atoms with Crippen LogP contribution in [0.4, 0.5) is 5.69 Å². The molecule has 1 aliphatic rings. The highest BCUT2D eigenvalue weighted by Gasteiger charge is 2.31. The lowest BCUT2D eigenvalue weighted by Crippen LogP contribution is -2.27. The number of fused-ring (bicyclic) bond motifs is 3. The summed E-state index contributed by atoms with van der Waals surface area (Å²) in [7, 11) is 0. The smallest absolute Gasteiger partial charge is 0.251 e. The van der Waals surface area contributed by atoms with Gasteiger partial charge in [-0.05, 0) is 30.3 Å². The second-order valence-electron chi connectivity index (χ2n) is 6.48. The van der Waals surface area contributed by atoms with E-state index in [-0.39, 0.29) is 23.8 Å². The largest absolute Gasteiger partial charge is 0.329 e. The fraction of sp³-hybridized carbons (Fsp3) is 0.100. The molecule has 1 aliphatic heterocycles. The minimum absolute atomic E-state index is 0.120. The van der Waals surface area contributed by atoms with Crippen LogP contribution in [0.1, 0.15) is 23.5 Å². The summed E-state index contributed by atoms with van der Waals surface area (Å²) in [5.41, 5.74) is 4.09. The highest BCUT2D eigenvalue weighted by atomic mass is 16.1. The Hall–Kier alpha value is -3.74. The van der Waals surface area contributed by atoms with Gasteiger partial charge in [0.1, 0.15) is 11.0 Å². The molecule has 1 amide bonds. The monoisotopic (exact) mass is 357 g/mol. The number of pyridine rings is 1. The van der Waals surface area contributed by atoms with Gasteiger partial charge in [-0.1, -0.05) is 24.3 Å². The number of amides is 1. The lowest BCUT2D eigenvalue weighted by atomic mass is 9.84. The third-order valence-electron chi connectivity index (χ3n) is 4.82. The summed E-state index contributed by atoms with van der Waals surface area (Å²) < 4.78 is 0. The van der Waals surface area contributed by atoms with Crippen molar-refractivity contribution in [3.63, 3.8) is 0 Å². The van der Waals surface area contributed by atoms with Gasteiger partial charge in [0.15, 0.2) is 0 Å². The Morgan fingerprint density at radius 3 is 2.63 bits per heavy atom. The summed E-state index contributed by atoms with van der Waals surface area (Å²) in [5, 5.41) is 12.1. The van der Waals surface area contributed by atoms with E-state index in [1.54, 1.807) is 23.1 Å². The number of hydrogen-bond acceptors (Lipinski definition) is 4. The van der Waals surface area contributed by atoms with Crippen LogP contribution >= 0.6 is 0 Å². The Morgan fingerprint density at radius 2 is 1.81 bits per heavy atom. The Morgan fingerprint density at radius 1 is 0.963 bits per heavy atom. The molecule has 3 heterocycles. The molecule has 27 heavy (non-hydrogen) atoms. The van der Waals surface area contributed by atoms with E-state index >= 15 is 0 Å². The predicted molar refractivity (Wildman–Crippen MR) is 101 cm³/mol. The van der Waals surface area contributed by atoms with Crippen molar-refractivity contribution < 1.29 is 4.79 Å². The van der Waals surface area contributed by atoms with Crippen LogP contribution in [0.25, 0.3) is 16.7 Å². The molecular weight excluding hydrogens is 342 g/mol. The molecule has 2 aromatic heterocycles. The molecule has 4 aromatic rings. The van der Waals surface area contributed by atoms with Gasteiger partial charge in [-0.25, -0.2) is 0 Å². The molecule has 2 N–H and O–H groups in total. The van der Waals surface area contributed by atoms with E-state index in [4.69, 9.17) is 0 Å². The van der Waals surface area contributed by atoms with E-state index in [0.29, 0.717) is 22.3 Å². The first-order chi connectivity index (χ1) is 13.2. The number of hydrogen-bond donors (Lipinski definition) is 2. The Labute approximate surface area is 153 Å². The highest BCUT2D eigenvalue weighted by molar-refractivity contribution is 5.99.